The topological polar surface area (TPSA) is 47.6 Å². The fourth-order valence-corrected chi connectivity index (χ4v) is 1.98. The van der Waals surface area contributed by atoms with Crippen LogP contribution in [-0.2, 0) is 9.47 Å². The highest BCUT2D eigenvalue weighted by atomic mass is 79.9. The number of halogens is 1. The van der Waals surface area contributed by atoms with Crippen molar-refractivity contribution in [3.05, 3.63) is 0 Å². The Bertz CT molecular complexity index is 278. The summed E-state index contributed by atoms with van der Waals surface area (Å²) in [4.78, 5) is 11.6. The van der Waals surface area contributed by atoms with Crippen LogP contribution in [0.2, 0.25) is 0 Å². The van der Waals surface area contributed by atoms with Gasteiger partial charge in [0.05, 0.1) is 18.2 Å². The molecule has 0 saturated heterocycles. The van der Waals surface area contributed by atoms with Crippen molar-refractivity contribution in [1.29, 1.82) is 0 Å². The lowest BCUT2D eigenvalue weighted by Crippen LogP contribution is -2.47. The average Bonchev–Trinajstić information content (AvgIpc) is 2.24. The number of amides is 1. The first-order chi connectivity index (χ1) is 8.62. The van der Waals surface area contributed by atoms with E-state index < -0.39 is 17.3 Å². The molecule has 2 unspecified atom stereocenters. The molecule has 0 radical (unpaired) electrons. The molecule has 0 bridgehead atoms. The molecular weight excluding hydrogens is 310 g/mol. The summed E-state index contributed by atoms with van der Waals surface area (Å²) in [6.07, 6.45) is 1.85. The summed E-state index contributed by atoms with van der Waals surface area (Å²) in [5.74, 6) is 0. The van der Waals surface area contributed by atoms with Gasteiger partial charge in [-0.1, -0.05) is 29.3 Å². The second kappa shape index (κ2) is 8.10. The van der Waals surface area contributed by atoms with E-state index in [1.807, 2.05) is 27.7 Å². The lowest BCUT2D eigenvalue weighted by atomic mass is 10.1. The Hall–Kier alpha value is -0.290. The molecule has 5 heteroatoms. The normalized spacial score (nSPS) is 16.6. The fraction of sp³-hybridized carbons (Fsp3) is 0.929. The molecule has 0 saturated carbocycles. The van der Waals surface area contributed by atoms with Gasteiger partial charge in [-0.3, -0.25) is 0 Å². The monoisotopic (exact) mass is 337 g/mol. The molecule has 0 aromatic heterocycles. The highest BCUT2D eigenvalue weighted by molar-refractivity contribution is 9.09. The highest BCUT2D eigenvalue weighted by Crippen LogP contribution is 2.18. The molecule has 114 valence electrons. The Labute approximate surface area is 125 Å². The molecule has 0 aliphatic rings. The standard InChI is InChI=1S/C14H28BrNO3/c1-7-8-11(2)18-14(6,9-15)10-16-12(17)19-13(3,4)5/h11H,7-10H2,1-6H3,(H,16,17). The summed E-state index contributed by atoms with van der Waals surface area (Å²) in [6, 6.07) is 0. The van der Waals surface area contributed by atoms with Crippen LogP contribution in [0.1, 0.15) is 54.4 Å². The Balaban J connectivity index is 4.27. The van der Waals surface area contributed by atoms with Gasteiger partial charge in [-0.05, 0) is 41.0 Å². The van der Waals surface area contributed by atoms with Gasteiger partial charge in [0.1, 0.15) is 5.60 Å². The summed E-state index contributed by atoms with van der Waals surface area (Å²) < 4.78 is 11.2. The molecule has 1 N–H and O–H groups in total. The average molecular weight is 338 g/mol. The van der Waals surface area contributed by atoms with E-state index in [2.05, 4.69) is 35.1 Å². The van der Waals surface area contributed by atoms with Crippen molar-refractivity contribution in [3.8, 4) is 0 Å². The van der Waals surface area contributed by atoms with Crippen molar-refractivity contribution < 1.29 is 14.3 Å². The van der Waals surface area contributed by atoms with Crippen LogP contribution in [0.4, 0.5) is 4.79 Å². The zero-order chi connectivity index (χ0) is 15.1. The van der Waals surface area contributed by atoms with Crippen LogP contribution in [0, 0.1) is 0 Å². The molecule has 0 rings (SSSR count). The van der Waals surface area contributed by atoms with Gasteiger partial charge >= 0.3 is 6.09 Å². The van der Waals surface area contributed by atoms with Crippen LogP contribution < -0.4 is 5.32 Å². The number of nitrogens with one attached hydrogen (secondary N) is 1. The second-order valence-corrected chi connectivity index (χ2v) is 6.72. The second-order valence-electron chi connectivity index (χ2n) is 6.16. The molecule has 0 heterocycles. The first-order valence-corrected chi connectivity index (χ1v) is 7.94. The Morgan fingerprint density at radius 2 is 1.89 bits per heavy atom. The van der Waals surface area contributed by atoms with E-state index in [0.717, 1.165) is 12.8 Å². The van der Waals surface area contributed by atoms with Gasteiger partial charge < -0.3 is 14.8 Å². The zero-order valence-electron chi connectivity index (χ0n) is 13.0. The quantitative estimate of drug-likeness (QED) is 0.717. The van der Waals surface area contributed by atoms with E-state index in [9.17, 15) is 4.79 Å². The van der Waals surface area contributed by atoms with E-state index in [-0.39, 0.29) is 6.10 Å². The van der Waals surface area contributed by atoms with Crippen molar-refractivity contribution in [2.24, 2.45) is 0 Å². The SMILES string of the molecule is CCCC(C)OC(C)(CBr)CNC(=O)OC(C)(C)C. The number of hydrogen-bond acceptors (Lipinski definition) is 3. The first kappa shape index (κ1) is 18.7. The van der Waals surface area contributed by atoms with Crippen LogP contribution in [0.15, 0.2) is 0 Å². The Morgan fingerprint density at radius 1 is 1.32 bits per heavy atom. The molecule has 4 nitrogen and oxygen atoms in total. The number of carbonyl (C=O) groups is 1. The minimum Gasteiger partial charge on any atom is -0.444 e. The van der Waals surface area contributed by atoms with E-state index in [0.29, 0.717) is 11.9 Å². The Morgan fingerprint density at radius 3 is 2.32 bits per heavy atom. The first-order valence-electron chi connectivity index (χ1n) is 6.82. The van der Waals surface area contributed by atoms with E-state index >= 15 is 0 Å². The van der Waals surface area contributed by atoms with Gasteiger partial charge in [0.25, 0.3) is 0 Å². The van der Waals surface area contributed by atoms with Gasteiger partial charge in [0, 0.05) is 5.33 Å². The zero-order valence-corrected chi connectivity index (χ0v) is 14.6. The van der Waals surface area contributed by atoms with Crippen molar-refractivity contribution >= 4 is 22.0 Å². The molecule has 1 amide bonds. The fourth-order valence-electron chi connectivity index (χ4n) is 1.64. The largest absolute Gasteiger partial charge is 0.444 e. The summed E-state index contributed by atoms with van der Waals surface area (Å²) in [6.45, 7) is 12.1. The van der Waals surface area contributed by atoms with Crippen molar-refractivity contribution in [1.82, 2.24) is 5.32 Å². The summed E-state index contributed by atoms with van der Waals surface area (Å²) in [5.41, 5.74) is -0.906. The third-order valence-corrected chi connectivity index (χ3v) is 3.66. The van der Waals surface area contributed by atoms with Gasteiger partial charge in [-0.15, -0.1) is 0 Å². The summed E-state index contributed by atoms with van der Waals surface area (Å²) >= 11 is 3.45. The van der Waals surface area contributed by atoms with E-state index in [1.54, 1.807) is 0 Å². The number of alkyl halides is 1. The van der Waals surface area contributed by atoms with Gasteiger partial charge in [-0.2, -0.15) is 0 Å². The maximum absolute atomic E-state index is 11.6. The van der Waals surface area contributed by atoms with Gasteiger partial charge in [0.2, 0.25) is 0 Å². The van der Waals surface area contributed by atoms with Crippen LogP contribution in [-0.4, -0.2) is 35.3 Å². The third kappa shape index (κ3) is 9.27. The maximum Gasteiger partial charge on any atom is 0.407 e. The highest BCUT2D eigenvalue weighted by Gasteiger charge is 2.28. The van der Waals surface area contributed by atoms with Crippen LogP contribution in [0.25, 0.3) is 0 Å². The maximum atomic E-state index is 11.6. The molecule has 0 fully saturated rings. The van der Waals surface area contributed by atoms with Crippen LogP contribution >= 0.6 is 15.9 Å². The minimum atomic E-state index is -0.481. The number of ether oxygens (including phenoxy) is 2. The van der Waals surface area contributed by atoms with Crippen molar-refractivity contribution in [3.63, 3.8) is 0 Å². The smallest absolute Gasteiger partial charge is 0.407 e. The molecule has 0 aromatic carbocycles. The number of hydrogen-bond donors (Lipinski definition) is 1. The number of carbonyl (C=O) groups excluding carboxylic acids is 1. The van der Waals surface area contributed by atoms with E-state index in [1.165, 1.54) is 0 Å². The Kier molecular flexibility index (Phi) is 7.98. The number of rotatable bonds is 7. The van der Waals surface area contributed by atoms with Gasteiger partial charge in [-0.25, -0.2) is 4.79 Å². The van der Waals surface area contributed by atoms with Crippen LogP contribution in [0.3, 0.4) is 0 Å². The lowest BCUT2D eigenvalue weighted by molar-refractivity contribution is -0.0616. The van der Waals surface area contributed by atoms with Gasteiger partial charge in [0.15, 0.2) is 0 Å². The molecular formula is C14H28BrNO3. The summed E-state index contributed by atoms with van der Waals surface area (Å²) in [7, 11) is 0. The predicted molar refractivity (Wildman–Crippen MR) is 81.9 cm³/mol. The predicted octanol–water partition coefficient (Wildman–Crippen LogP) is 3.87. The molecule has 0 aliphatic carbocycles. The minimum absolute atomic E-state index is 0.174. The number of alkyl carbamates (subject to hydrolysis) is 1. The van der Waals surface area contributed by atoms with Crippen molar-refractivity contribution in [2.45, 2.75) is 71.7 Å². The van der Waals surface area contributed by atoms with Crippen molar-refractivity contribution in [2.75, 3.05) is 11.9 Å². The lowest BCUT2D eigenvalue weighted by Gasteiger charge is -2.32. The molecule has 19 heavy (non-hydrogen) atoms. The molecule has 0 aliphatic heterocycles. The summed E-state index contributed by atoms with van der Waals surface area (Å²) in [5, 5.41) is 3.42. The molecule has 0 spiro atoms. The third-order valence-electron chi connectivity index (χ3n) is 2.47. The molecule has 2 atom stereocenters. The molecule has 0 aromatic rings. The van der Waals surface area contributed by atoms with Crippen LogP contribution in [0.5, 0.6) is 0 Å². The van der Waals surface area contributed by atoms with E-state index in [4.69, 9.17) is 9.47 Å².